The Kier molecular flexibility index (Phi) is 5.42. The van der Waals surface area contributed by atoms with Crippen molar-refractivity contribution < 1.29 is 4.79 Å². The number of rotatable bonds is 5. The normalized spacial score (nSPS) is 13.4. The summed E-state index contributed by atoms with van der Waals surface area (Å²) in [7, 11) is 0. The molecular formula is C23H25N5O. The van der Waals surface area contributed by atoms with E-state index in [2.05, 4.69) is 38.5 Å². The molecular weight excluding hydrogens is 362 g/mol. The molecule has 0 bridgehead atoms. The molecule has 0 spiro atoms. The van der Waals surface area contributed by atoms with Crippen LogP contribution in [0.1, 0.15) is 34.5 Å². The minimum Gasteiger partial charge on any atom is -0.372 e. The van der Waals surface area contributed by atoms with Crippen molar-refractivity contribution in [1.82, 2.24) is 9.97 Å². The molecule has 1 aromatic heterocycles. The average molecular weight is 387 g/mol. The zero-order valence-corrected chi connectivity index (χ0v) is 16.8. The topological polar surface area (TPSA) is 70.2 Å². The van der Waals surface area contributed by atoms with Crippen LogP contribution in [0.3, 0.4) is 0 Å². The molecule has 2 N–H and O–H groups in total. The predicted octanol–water partition coefficient (Wildman–Crippen LogP) is 4.69. The number of carbonyl (C=O) groups excluding carboxylic acids is 1. The number of anilines is 4. The van der Waals surface area contributed by atoms with Crippen LogP contribution in [0.5, 0.6) is 0 Å². The van der Waals surface area contributed by atoms with Crippen molar-refractivity contribution in [3.63, 3.8) is 0 Å². The second-order valence-corrected chi connectivity index (χ2v) is 7.40. The monoisotopic (exact) mass is 387 g/mol. The summed E-state index contributed by atoms with van der Waals surface area (Å²) < 4.78 is 0. The summed E-state index contributed by atoms with van der Waals surface area (Å²) in [5, 5.41) is 6.10. The Morgan fingerprint density at radius 1 is 1.00 bits per heavy atom. The maximum atomic E-state index is 12.6. The second kappa shape index (κ2) is 8.31. The van der Waals surface area contributed by atoms with Gasteiger partial charge in [-0.25, -0.2) is 9.97 Å². The van der Waals surface area contributed by atoms with Crippen LogP contribution in [-0.2, 0) is 0 Å². The van der Waals surface area contributed by atoms with Crippen LogP contribution < -0.4 is 15.5 Å². The van der Waals surface area contributed by atoms with Gasteiger partial charge in [0.25, 0.3) is 5.91 Å². The summed E-state index contributed by atoms with van der Waals surface area (Å²) in [6.07, 6.45) is 4.07. The molecule has 0 saturated carbocycles. The predicted molar refractivity (Wildman–Crippen MR) is 117 cm³/mol. The third-order valence-corrected chi connectivity index (χ3v) is 5.11. The van der Waals surface area contributed by atoms with Crippen LogP contribution in [0.15, 0.2) is 54.7 Å². The van der Waals surface area contributed by atoms with Crippen LogP contribution in [0.2, 0.25) is 0 Å². The van der Waals surface area contributed by atoms with Crippen molar-refractivity contribution in [1.29, 1.82) is 0 Å². The molecule has 148 valence electrons. The van der Waals surface area contributed by atoms with Gasteiger partial charge in [0.05, 0.1) is 0 Å². The van der Waals surface area contributed by atoms with Crippen molar-refractivity contribution >= 4 is 28.9 Å². The Hall–Kier alpha value is -3.41. The van der Waals surface area contributed by atoms with Gasteiger partial charge < -0.3 is 15.5 Å². The molecule has 2 heterocycles. The molecule has 2 aromatic carbocycles. The van der Waals surface area contributed by atoms with E-state index in [0.717, 1.165) is 30.0 Å². The quantitative estimate of drug-likeness (QED) is 0.665. The van der Waals surface area contributed by atoms with Gasteiger partial charge in [0, 0.05) is 36.3 Å². The summed E-state index contributed by atoms with van der Waals surface area (Å²) in [4.78, 5) is 23.6. The fraction of sp³-hybridized carbons (Fsp3) is 0.261. The molecule has 1 saturated heterocycles. The number of amides is 1. The number of nitrogens with zero attached hydrogens (tertiary/aromatic N) is 3. The van der Waals surface area contributed by atoms with Crippen LogP contribution in [0, 0.1) is 13.8 Å². The van der Waals surface area contributed by atoms with Gasteiger partial charge >= 0.3 is 0 Å². The van der Waals surface area contributed by atoms with Crippen molar-refractivity contribution in [2.75, 3.05) is 28.6 Å². The third kappa shape index (κ3) is 4.54. The van der Waals surface area contributed by atoms with E-state index in [1.54, 1.807) is 12.3 Å². The third-order valence-electron chi connectivity index (χ3n) is 5.11. The van der Waals surface area contributed by atoms with E-state index >= 15 is 0 Å². The standard InChI is InChI=1S/C23H25N5O/c1-16-5-10-20(17(2)15-16)26-23-24-12-11-21(27-23)22(29)25-18-6-8-19(9-7-18)28-13-3-4-14-28/h5-12,15H,3-4,13-14H2,1-2H3,(H,25,29)(H,24,26,27). The lowest BCUT2D eigenvalue weighted by molar-refractivity contribution is 0.102. The first-order chi connectivity index (χ1) is 14.1. The highest BCUT2D eigenvalue weighted by Gasteiger charge is 2.13. The number of hydrogen-bond donors (Lipinski definition) is 2. The number of nitrogens with one attached hydrogen (secondary N) is 2. The van der Waals surface area contributed by atoms with E-state index in [1.165, 1.54) is 24.1 Å². The van der Waals surface area contributed by atoms with E-state index in [1.807, 2.05) is 43.3 Å². The Bertz CT molecular complexity index is 1010. The zero-order valence-electron chi connectivity index (χ0n) is 16.8. The molecule has 6 nitrogen and oxygen atoms in total. The van der Waals surface area contributed by atoms with E-state index in [9.17, 15) is 4.79 Å². The SMILES string of the molecule is Cc1ccc(Nc2nccc(C(=O)Nc3ccc(N4CCCC4)cc3)n2)c(C)c1. The Labute approximate surface area is 171 Å². The van der Waals surface area contributed by atoms with Crippen LogP contribution >= 0.6 is 0 Å². The average Bonchev–Trinajstić information content (AvgIpc) is 3.26. The molecule has 1 aliphatic rings. The molecule has 1 aliphatic heterocycles. The van der Waals surface area contributed by atoms with Crippen molar-refractivity contribution in [3.05, 3.63) is 71.5 Å². The fourth-order valence-electron chi connectivity index (χ4n) is 3.55. The van der Waals surface area contributed by atoms with E-state index in [4.69, 9.17) is 0 Å². The van der Waals surface area contributed by atoms with Gasteiger partial charge in [-0.05, 0) is 68.7 Å². The van der Waals surface area contributed by atoms with Gasteiger partial charge in [0.2, 0.25) is 5.95 Å². The van der Waals surface area contributed by atoms with Gasteiger partial charge in [-0.15, -0.1) is 0 Å². The van der Waals surface area contributed by atoms with Crippen LogP contribution in [-0.4, -0.2) is 29.0 Å². The summed E-state index contributed by atoms with van der Waals surface area (Å²) in [6.45, 7) is 6.28. The molecule has 1 amide bonds. The highest BCUT2D eigenvalue weighted by atomic mass is 16.1. The first-order valence-electron chi connectivity index (χ1n) is 9.92. The summed E-state index contributed by atoms with van der Waals surface area (Å²) in [6, 6.07) is 15.7. The van der Waals surface area contributed by atoms with E-state index < -0.39 is 0 Å². The number of aromatic nitrogens is 2. The van der Waals surface area contributed by atoms with Crippen LogP contribution in [0.25, 0.3) is 0 Å². The summed E-state index contributed by atoms with van der Waals surface area (Å²) in [5.74, 6) is 0.138. The fourth-order valence-corrected chi connectivity index (χ4v) is 3.55. The van der Waals surface area contributed by atoms with Crippen LogP contribution in [0.4, 0.5) is 23.0 Å². The lowest BCUT2D eigenvalue weighted by Gasteiger charge is -2.17. The number of aryl methyl sites for hydroxylation is 2. The van der Waals surface area contributed by atoms with E-state index in [-0.39, 0.29) is 5.91 Å². The molecule has 3 aromatic rings. The molecule has 29 heavy (non-hydrogen) atoms. The Balaban J connectivity index is 1.44. The van der Waals surface area contributed by atoms with Gasteiger partial charge in [-0.3, -0.25) is 4.79 Å². The lowest BCUT2D eigenvalue weighted by atomic mass is 10.1. The van der Waals surface area contributed by atoms with Crippen molar-refractivity contribution in [3.8, 4) is 0 Å². The molecule has 0 atom stereocenters. The van der Waals surface area contributed by atoms with Gasteiger partial charge in [0.15, 0.2) is 0 Å². The smallest absolute Gasteiger partial charge is 0.274 e. The number of carbonyl (C=O) groups is 1. The van der Waals surface area contributed by atoms with E-state index in [0.29, 0.717) is 11.6 Å². The zero-order chi connectivity index (χ0) is 20.2. The lowest BCUT2D eigenvalue weighted by Crippen LogP contribution is -2.18. The second-order valence-electron chi connectivity index (χ2n) is 7.40. The molecule has 6 heteroatoms. The molecule has 0 radical (unpaired) electrons. The number of benzene rings is 2. The Morgan fingerprint density at radius 2 is 1.76 bits per heavy atom. The minimum atomic E-state index is -0.259. The first-order valence-corrected chi connectivity index (χ1v) is 9.92. The highest BCUT2D eigenvalue weighted by Crippen LogP contribution is 2.23. The van der Waals surface area contributed by atoms with Crippen molar-refractivity contribution in [2.24, 2.45) is 0 Å². The molecule has 0 aliphatic carbocycles. The maximum absolute atomic E-state index is 12.6. The molecule has 1 fully saturated rings. The van der Waals surface area contributed by atoms with Gasteiger partial charge in [0.1, 0.15) is 5.69 Å². The maximum Gasteiger partial charge on any atom is 0.274 e. The van der Waals surface area contributed by atoms with Crippen molar-refractivity contribution in [2.45, 2.75) is 26.7 Å². The summed E-state index contributed by atoms with van der Waals surface area (Å²) in [5.41, 5.74) is 5.48. The van der Waals surface area contributed by atoms with Gasteiger partial charge in [-0.1, -0.05) is 17.7 Å². The largest absolute Gasteiger partial charge is 0.372 e. The highest BCUT2D eigenvalue weighted by molar-refractivity contribution is 6.03. The summed E-state index contributed by atoms with van der Waals surface area (Å²) >= 11 is 0. The Morgan fingerprint density at radius 3 is 2.48 bits per heavy atom. The molecule has 0 unspecified atom stereocenters. The minimum absolute atomic E-state index is 0.259. The first kappa shape index (κ1) is 18.9. The number of hydrogen-bond acceptors (Lipinski definition) is 5. The van der Waals surface area contributed by atoms with Gasteiger partial charge in [-0.2, -0.15) is 0 Å². The molecule has 4 rings (SSSR count).